The van der Waals surface area contributed by atoms with Crippen molar-refractivity contribution in [2.75, 3.05) is 50.0 Å². The Morgan fingerprint density at radius 3 is 2.38 bits per heavy atom. The number of hydrogen-bond donors (Lipinski definition) is 1. The third kappa shape index (κ3) is 4.34. The number of carbonyl (C=O) groups is 2. The number of piperazine rings is 1. The first-order valence-corrected chi connectivity index (χ1v) is 12.2. The van der Waals surface area contributed by atoms with Crippen LogP contribution < -0.4 is 10.2 Å². The summed E-state index contributed by atoms with van der Waals surface area (Å²) in [7, 11) is 2.09. The molecule has 6 heteroatoms. The van der Waals surface area contributed by atoms with E-state index < -0.39 is 0 Å². The van der Waals surface area contributed by atoms with Crippen LogP contribution in [-0.2, 0) is 9.59 Å². The van der Waals surface area contributed by atoms with Crippen molar-refractivity contribution in [2.45, 2.75) is 32.7 Å². The molecule has 2 aromatic carbocycles. The molecule has 0 radical (unpaired) electrons. The number of Topliss-reactive ketones (excluding diaryl/α,β-unsaturated/α-hetero) is 1. The fraction of sp³-hybridized carbons (Fsp3) is 0.429. The van der Waals surface area contributed by atoms with E-state index in [2.05, 4.69) is 54.2 Å². The number of ketones is 1. The minimum absolute atomic E-state index is 0.107. The summed E-state index contributed by atoms with van der Waals surface area (Å²) in [6.45, 7) is 7.78. The van der Waals surface area contributed by atoms with Crippen molar-refractivity contribution < 1.29 is 9.59 Å². The van der Waals surface area contributed by atoms with Crippen molar-refractivity contribution in [3.8, 4) is 0 Å². The van der Waals surface area contributed by atoms with Gasteiger partial charge in [-0.05, 0) is 36.6 Å². The number of nitrogens with zero attached hydrogens (tertiary/aromatic N) is 3. The van der Waals surface area contributed by atoms with Crippen LogP contribution in [0, 0.1) is 5.41 Å². The molecule has 0 saturated carbocycles. The maximum Gasteiger partial charge on any atom is 0.242 e. The molecule has 3 aliphatic rings. The number of benzene rings is 2. The Balaban J connectivity index is 1.62. The minimum Gasteiger partial charge on any atom is -0.357 e. The van der Waals surface area contributed by atoms with Crippen molar-refractivity contribution in [2.24, 2.45) is 5.41 Å². The van der Waals surface area contributed by atoms with Crippen molar-refractivity contribution in [3.63, 3.8) is 0 Å². The Morgan fingerprint density at radius 2 is 1.65 bits per heavy atom. The third-order valence-electron chi connectivity index (χ3n) is 7.28. The van der Waals surface area contributed by atoms with Crippen LogP contribution in [0.2, 0.25) is 0 Å². The van der Waals surface area contributed by atoms with Gasteiger partial charge in [0.2, 0.25) is 5.91 Å². The van der Waals surface area contributed by atoms with Crippen molar-refractivity contribution in [1.82, 2.24) is 9.80 Å². The predicted molar refractivity (Wildman–Crippen MR) is 136 cm³/mol. The summed E-state index contributed by atoms with van der Waals surface area (Å²) in [6.07, 6.45) is 1.30. The number of nitrogens with one attached hydrogen (secondary N) is 1. The van der Waals surface area contributed by atoms with Crippen LogP contribution in [0.3, 0.4) is 0 Å². The van der Waals surface area contributed by atoms with E-state index in [1.807, 2.05) is 41.3 Å². The van der Waals surface area contributed by atoms with Gasteiger partial charge in [-0.15, -0.1) is 0 Å². The predicted octanol–water partition coefficient (Wildman–Crippen LogP) is 4.08. The molecule has 6 nitrogen and oxygen atoms in total. The lowest BCUT2D eigenvalue weighted by molar-refractivity contribution is -0.131. The Bertz CT molecular complexity index is 1120. The number of rotatable bonds is 3. The molecule has 5 rings (SSSR count). The second kappa shape index (κ2) is 8.91. The molecule has 178 valence electrons. The summed E-state index contributed by atoms with van der Waals surface area (Å²) >= 11 is 0. The fourth-order valence-electron chi connectivity index (χ4n) is 5.51. The van der Waals surface area contributed by atoms with E-state index in [-0.39, 0.29) is 29.7 Å². The highest BCUT2D eigenvalue weighted by Gasteiger charge is 2.42. The number of anilines is 2. The van der Waals surface area contributed by atoms with Crippen LogP contribution in [0.5, 0.6) is 0 Å². The molecule has 34 heavy (non-hydrogen) atoms. The van der Waals surface area contributed by atoms with Crippen LogP contribution in [0.25, 0.3) is 0 Å². The molecule has 1 amide bonds. The molecule has 1 saturated heterocycles. The summed E-state index contributed by atoms with van der Waals surface area (Å²) in [4.78, 5) is 33.6. The average molecular weight is 459 g/mol. The average Bonchev–Trinajstić information content (AvgIpc) is 2.94. The third-order valence-corrected chi connectivity index (χ3v) is 7.28. The molecule has 2 aromatic rings. The van der Waals surface area contributed by atoms with Gasteiger partial charge in [0, 0.05) is 43.9 Å². The van der Waals surface area contributed by atoms with Gasteiger partial charge in [0.1, 0.15) is 0 Å². The Kier molecular flexibility index (Phi) is 5.94. The van der Waals surface area contributed by atoms with Gasteiger partial charge in [-0.3, -0.25) is 9.59 Å². The number of hydrogen-bond acceptors (Lipinski definition) is 5. The van der Waals surface area contributed by atoms with Crippen molar-refractivity contribution >= 4 is 23.1 Å². The van der Waals surface area contributed by atoms with E-state index in [1.54, 1.807) is 0 Å². The number of amides is 1. The largest absolute Gasteiger partial charge is 0.357 e. The monoisotopic (exact) mass is 458 g/mol. The fourth-order valence-corrected chi connectivity index (χ4v) is 5.51. The minimum atomic E-state index is -0.313. The topological polar surface area (TPSA) is 55.9 Å². The number of likely N-dealkylation sites (N-methyl/N-ethyl adjacent to an activating group) is 1. The molecule has 1 atom stereocenters. The molecule has 0 bridgehead atoms. The summed E-state index contributed by atoms with van der Waals surface area (Å²) in [6, 6.07) is 18.0. The van der Waals surface area contributed by atoms with Crippen LogP contribution in [0.4, 0.5) is 11.4 Å². The van der Waals surface area contributed by atoms with E-state index in [1.165, 1.54) is 0 Å². The van der Waals surface area contributed by atoms with E-state index in [9.17, 15) is 9.59 Å². The smallest absolute Gasteiger partial charge is 0.242 e. The quantitative estimate of drug-likeness (QED) is 0.751. The van der Waals surface area contributed by atoms with Gasteiger partial charge < -0.3 is 20.0 Å². The van der Waals surface area contributed by atoms with Crippen molar-refractivity contribution in [3.05, 3.63) is 71.4 Å². The molecule has 0 spiro atoms. The zero-order valence-corrected chi connectivity index (χ0v) is 20.4. The molecular weight excluding hydrogens is 424 g/mol. The zero-order valence-electron chi connectivity index (χ0n) is 20.4. The maximum absolute atomic E-state index is 13.7. The van der Waals surface area contributed by atoms with Crippen LogP contribution in [0.15, 0.2) is 65.9 Å². The van der Waals surface area contributed by atoms with Crippen LogP contribution in [0.1, 0.15) is 38.3 Å². The second-order valence-electron chi connectivity index (χ2n) is 10.6. The summed E-state index contributed by atoms with van der Waals surface area (Å²) in [5.41, 5.74) is 4.62. The number of allylic oxidation sites excluding steroid dienone is 1. The number of para-hydroxylation sites is 2. The van der Waals surface area contributed by atoms with Gasteiger partial charge in [-0.2, -0.15) is 0 Å². The lowest BCUT2D eigenvalue weighted by atomic mass is 9.73. The first kappa shape index (κ1) is 22.7. The molecule has 2 heterocycles. The van der Waals surface area contributed by atoms with E-state index in [4.69, 9.17) is 0 Å². The van der Waals surface area contributed by atoms with E-state index in [0.717, 1.165) is 60.8 Å². The van der Waals surface area contributed by atoms with Gasteiger partial charge in [-0.1, -0.05) is 56.3 Å². The first-order valence-electron chi connectivity index (χ1n) is 12.2. The Morgan fingerprint density at radius 1 is 0.971 bits per heavy atom. The second-order valence-corrected chi connectivity index (χ2v) is 10.6. The molecular formula is C28H34N4O2. The summed E-state index contributed by atoms with van der Waals surface area (Å²) in [5, 5.41) is 3.62. The van der Waals surface area contributed by atoms with Gasteiger partial charge in [0.25, 0.3) is 0 Å². The number of carbonyl (C=O) groups excluding carboxylic acids is 2. The summed E-state index contributed by atoms with van der Waals surface area (Å²) < 4.78 is 0. The normalized spacial score (nSPS) is 22.6. The van der Waals surface area contributed by atoms with Crippen LogP contribution >= 0.6 is 0 Å². The lowest BCUT2D eigenvalue weighted by Gasteiger charge is -2.39. The molecule has 0 aromatic heterocycles. The SMILES string of the molecule is CN1CCN(C(=O)CN2c3ccccc3NC3=C(C(=O)CC(C)(C)C3)[C@H]2c2ccccc2)CC1. The molecule has 1 N–H and O–H groups in total. The molecule has 2 aliphatic heterocycles. The van der Waals surface area contributed by atoms with E-state index in [0.29, 0.717) is 6.42 Å². The zero-order chi connectivity index (χ0) is 23.9. The van der Waals surface area contributed by atoms with Gasteiger partial charge in [0.05, 0.1) is 24.0 Å². The van der Waals surface area contributed by atoms with Gasteiger partial charge in [0.15, 0.2) is 5.78 Å². The highest BCUT2D eigenvalue weighted by Crippen LogP contribution is 2.48. The van der Waals surface area contributed by atoms with Gasteiger partial charge >= 0.3 is 0 Å². The first-order chi connectivity index (χ1) is 16.3. The maximum atomic E-state index is 13.7. The standard InChI is InChI=1S/C28H34N4O2/c1-28(2)17-22-26(24(33)18-28)27(20-9-5-4-6-10-20)32(23-12-8-7-11-21(23)29-22)19-25(34)31-15-13-30(3)14-16-31/h4-12,27,29H,13-19H2,1-3H3/t27-/m1/s1. The molecule has 1 fully saturated rings. The lowest BCUT2D eigenvalue weighted by Crippen LogP contribution is -2.50. The number of fused-ring (bicyclic) bond motifs is 1. The highest BCUT2D eigenvalue weighted by molar-refractivity contribution is 6.01. The van der Waals surface area contributed by atoms with Gasteiger partial charge in [-0.25, -0.2) is 0 Å². The van der Waals surface area contributed by atoms with Crippen LogP contribution in [-0.4, -0.2) is 61.3 Å². The molecule has 1 aliphatic carbocycles. The van der Waals surface area contributed by atoms with Crippen molar-refractivity contribution in [1.29, 1.82) is 0 Å². The summed E-state index contributed by atoms with van der Waals surface area (Å²) in [5.74, 6) is 0.272. The van der Waals surface area contributed by atoms with E-state index >= 15 is 0 Å². The highest BCUT2D eigenvalue weighted by atomic mass is 16.2. The molecule has 0 unspecified atom stereocenters. The Labute approximate surface area is 202 Å². The Hall–Kier alpha value is -3.12.